The predicted molar refractivity (Wildman–Crippen MR) is 62.2 cm³/mol. The molecule has 2 unspecified atom stereocenters. The Hall–Kier alpha value is -0.520. The van der Waals surface area contributed by atoms with Gasteiger partial charge in [0.05, 0.1) is 0 Å². The first-order valence-electron chi connectivity index (χ1n) is 6.22. The summed E-state index contributed by atoms with van der Waals surface area (Å²) in [6.45, 7) is 2.27. The molecule has 0 amide bonds. The fourth-order valence-corrected chi connectivity index (χ4v) is 2.83. The minimum absolute atomic E-state index is 0.497. The van der Waals surface area contributed by atoms with Gasteiger partial charge in [-0.1, -0.05) is 44.1 Å². The van der Waals surface area contributed by atoms with E-state index in [2.05, 4.69) is 31.2 Å². The van der Waals surface area contributed by atoms with Crippen molar-refractivity contribution in [2.45, 2.75) is 51.9 Å². The largest absolute Gasteiger partial charge is 0.0877 e. The molecule has 1 fully saturated rings. The van der Waals surface area contributed by atoms with Crippen molar-refractivity contribution in [1.29, 1.82) is 0 Å². The van der Waals surface area contributed by atoms with Crippen LogP contribution in [-0.2, 0) is 0 Å². The second kappa shape index (κ2) is 4.33. The molecule has 0 aromatic heterocycles. The normalized spacial score (nSPS) is 34.8. The van der Waals surface area contributed by atoms with Crippen LogP contribution in [0.3, 0.4) is 0 Å². The Labute approximate surface area is 88.1 Å². The Morgan fingerprint density at radius 2 is 2.36 bits per heavy atom. The molecular weight excluding hydrogens is 168 g/mol. The lowest BCUT2D eigenvalue weighted by Gasteiger charge is -2.17. The number of hydrogen-bond donors (Lipinski definition) is 0. The van der Waals surface area contributed by atoms with Crippen molar-refractivity contribution in [2.24, 2.45) is 11.3 Å². The van der Waals surface area contributed by atoms with Crippen LogP contribution in [0.15, 0.2) is 24.3 Å². The van der Waals surface area contributed by atoms with Gasteiger partial charge < -0.3 is 0 Å². The van der Waals surface area contributed by atoms with Crippen molar-refractivity contribution in [3.8, 4) is 0 Å². The average Bonchev–Trinajstić information content (AvgIpc) is 2.77. The molecule has 0 aromatic rings. The van der Waals surface area contributed by atoms with Gasteiger partial charge in [-0.2, -0.15) is 0 Å². The van der Waals surface area contributed by atoms with Gasteiger partial charge in [0, 0.05) is 5.41 Å². The summed E-state index contributed by atoms with van der Waals surface area (Å²) in [6.07, 6.45) is 19.4. The molecule has 0 N–H and O–H groups in total. The fourth-order valence-electron chi connectivity index (χ4n) is 2.83. The highest BCUT2D eigenvalue weighted by molar-refractivity contribution is 5.22. The smallest absolute Gasteiger partial charge is 0.00668 e. The molecule has 2 rings (SSSR count). The summed E-state index contributed by atoms with van der Waals surface area (Å²) in [5, 5.41) is 0. The molecule has 0 aliphatic heterocycles. The molecule has 78 valence electrons. The minimum Gasteiger partial charge on any atom is -0.0877 e. The van der Waals surface area contributed by atoms with E-state index in [0.717, 1.165) is 5.92 Å². The Morgan fingerprint density at radius 1 is 1.43 bits per heavy atom. The summed E-state index contributed by atoms with van der Waals surface area (Å²) in [5.74, 6) is 0.912. The van der Waals surface area contributed by atoms with Crippen molar-refractivity contribution in [3.05, 3.63) is 24.3 Å². The van der Waals surface area contributed by atoms with E-state index < -0.39 is 0 Å². The van der Waals surface area contributed by atoms with E-state index in [1.807, 2.05) is 0 Å². The van der Waals surface area contributed by atoms with Crippen molar-refractivity contribution < 1.29 is 0 Å². The molecule has 0 radical (unpaired) electrons. The third-order valence-corrected chi connectivity index (χ3v) is 3.75. The first kappa shape index (κ1) is 10.0. The highest BCUT2D eigenvalue weighted by Crippen LogP contribution is 2.50. The molecule has 2 aliphatic carbocycles. The van der Waals surface area contributed by atoms with Crippen molar-refractivity contribution in [1.82, 2.24) is 0 Å². The Bertz CT molecular complexity index is 236. The number of hydrogen-bond acceptors (Lipinski definition) is 0. The van der Waals surface area contributed by atoms with Gasteiger partial charge in [-0.05, 0) is 38.0 Å². The molecule has 0 spiro atoms. The van der Waals surface area contributed by atoms with E-state index in [1.54, 1.807) is 0 Å². The summed E-state index contributed by atoms with van der Waals surface area (Å²) in [7, 11) is 0. The van der Waals surface area contributed by atoms with Crippen LogP contribution in [0.4, 0.5) is 0 Å². The molecule has 0 aromatic carbocycles. The first-order valence-corrected chi connectivity index (χ1v) is 6.22. The van der Waals surface area contributed by atoms with E-state index in [4.69, 9.17) is 0 Å². The Kier molecular flexibility index (Phi) is 3.10. The predicted octanol–water partition coefficient (Wildman–Crippen LogP) is 4.48. The van der Waals surface area contributed by atoms with Crippen LogP contribution in [-0.4, -0.2) is 0 Å². The van der Waals surface area contributed by atoms with Gasteiger partial charge in [0.2, 0.25) is 0 Å². The molecule has 0 heterocycles. The quantitative estimate of drug-likeness (QED) is 0.443. The van der Waals surface area contributed by atoms with Crippen LogP contribution in [0, 0.1) is 11.3 Å². The summed E-state index contributed by atoms with van der Waals surface area (Å²) in [6, 6.07) is 0. The lowest BCUT2D eigenvalue weighted by molar-refractivity contribution is 0.521. The maximum atomic E-state index is 2.49. The summed E-state index contributed by atoms with van der Waals surface area (Å²) < 4.78 is 0. The maximum Gasteiger partial charge on any atom is 0.00668 e. The van der Waals surface area contributed by atoms with Gasteiger partial charge in [-0.15, -0.1) is 0 Å². The fraction of sp³-hybridized carbons (Fsp3) is 0.714. The topological polar surface area (TPSA) is 0 Å². The molecule has 0 nitrogen and oxygen atoms in total. The standard InChI is InChI=1S/C14H22/c1-2-3-4-5-6-9-14-10-7-13(12-14)8-11-14/h6-7,9-10,13H,2-5,8,11-12H2,1H3. The van der Waals surface area contributed by atoms with E-state index >= 15 is 0 Å². The first-order chi connectivity index (χ1) is 6.85. The van der Waals surface area contributed by atoms with E-state index in [9.17, 15) is 0 Å². The molecule has 2 bridgehead atoms. The molecule has 1 saturated carbocycles. The third-order valence-electron chi connectivity index (χ3n) is 3.75. The Balaban J connectivity index is 1.77. The Morgan fingerprint density at radius 3 is 2.93 bits per heavy atom. The van der Waals surface area contributed by atoms with Crippen LogP contribution in [0.25, 0.3) is 0 Å². The van der Waals surface area contributed by atoms with Crippen LogP contribution in [0.5, 0.6) is 0 Å². The van der Waals surface area contributed by atoms with E-state index in [1.165, 1.54) is 44.9 Å². The zero-order chi connectivity index (χ0) is 9.86. The van der Waals surface area contributed by atoms with Crippen LogP contribution < -0.4 is 0 Å². The maximum absolute atomic E-state index is 2.49. The van der Waals surface area contributed by atoms with Gasteiger partial charge >= 0.3 is 0 Å². The highest BCUT2D eigenvalue weighted by atomic mass is 14.4. The van der Waals surface area contributed by atoms with Gasteiger partial charge in [-0.25, -0.2) is 0 Å². The second-order valence-electron chi connectivity index (χ2n) is 4.99. The van der Waals surface area contributed by atoms with E-state index in [-0.39, 0.29) is 0 Å². The SMILES string of the molecule is CCCCCC=CC12C=CC(CC1)C2. The van der Waals surface area contributed by atoms with Gasteiger partial charge in [0.25, 0.3) is 0 Å². The number of fused-ring (bicyclic) bond motifs is 2. The average molecular weight is 190 g/mol. The van der Waals surface area contributed by atoms with Crippen molar-refractivity contribution >= 4 is 0 Å². The highest BCUT2D eigenvalue weighted by Gasteiger charge is 2.38. The lowest BCUT2D eigenvalue weighted by atomic mass is 9.87. The number of unbranched alkanes of at least 4 members (excludes halogenated alkanes) is 3. The van der Waals surface area contributed by atoms with Gasteiger partial charge in [0.1, 0.15) is 0 Å². The van der Waals surface area contributed by atoms with Crippen LogP contribution in [0.1, 0.15) is 51.9 Å². The van der Waals surface area contributed by atoms with Crippen molar-refractivity contribution in [2.75, 3.05) is 0 Å². The minimum atomic E-state index is 0.497. The monoisotopic (exact) mass is 190 g/mol. The second-order valence-corrected chi connectivity index (χ2v) is 4.99. The summed E-state index contributed by atoms with van der Waals surface area (Å²) in [5.41, 5.74) is 0.497. The molecule has 2 aliphatic rings. The zero-order valence-corrected chi connectivity index (χ0v) is 9.34. The lowest BCUT2D eigenvalue weighted by Crippen LogP contribution is -2.06. The summed E-state index contributed by atoms with van der Waals surface area (Å²) >= 11 is 0. The zero-order valence-electron chi connectivity index (χ0n) is 9.34. The van der Waals surface area contributed by atoms with Crippen LogP contribution >= 0.6 is 0 Å². The summed E-state index contributed by atoms with van der Waals surface area (Å²) in [4.78, 5) is 0. The van der Waals surface area contributed by atoms with E-state index in [0.29, 0.717) is 5.41 Å². The van der Waals surface area contributed by atoms with Gasteiger partial charge in [0.15, 0.2) is 0 Å². The molecular formula is C14H22. The number of rotatable bonds is 5. The van der Waals surface area contributed by atoms with Crippen LogP contribution in [0.2, 0.25) is 0 Å². The third kappa shape index (κ3) is 2.10. The van der Waals surface area contributed by atoms with Crippen molar-refractivity contribution in [3.63, 3.8) is 0 Å². The number of allylic oxidation sites excluding steroid dienone is 4. The molecule has 2 atom stereocenters. The molecule has 0 heteroatoms. The molecule has 0 saturated heterocycles. The van der Waals surface area contributed by atoms with Gasteiger partial charge in [-0.3, -0.25) is 0 Å². The molecule has 14 heavy (non-hydrogen) atoms.